The number of Topliss-reactive ketones (excluding diaryl/α,β-unsaturated/α-hetero) is 1. The van der Waals surface area contributed by atoms with Crippen LogP contribution < -0.4 is 5.32 Å². The topological polar surface area (TPSA) is 66.5 Å². The normalized spacial score (nSPS) is 39.5. The van der Waals surface area contributed by atoms with Crippen LogP contribution in [0.1, 0.15) is 40.0 Å². The van der Waals surface area contributed by atoms with Crippen LogP contribution in [0.4, 0.5) is 0 Å². The summed E-state index contributed by atoms with van der Waals surface area (Å²) in [5.74, 6) is 1.43. The number of hydrogen-bond acceptors (Lipinski definition) is 5. The van der Waals surface area contributed by atoms with Crippen LogP contribution in [0.3, 0.4) is 0 Å². The highest BCUT2D eigenvalue weighted by molar-refractivity contribution is 8.00. The Hall–Kier alpha value is -0.110. The number of nitrogens with one attached hydrogen (secondary N) is 1. The van der Waals surface area contributed by atoms with Gasteiger partial charge < -0.3 is 5.32 Å². The molecule has 0 aromatic heterocycles. The van der Waals surface area contributed by atoms with Gasteiger partial charge in [0.2, 0.25) is 10.0 Å². The first-order valence-corrected chi connectivity index (χ1v) is 11.1. The maximum absolute atomic E-state index is 12.9. The molecule has 0 amide bonds. The SMILES string of the molecule is CC1NC(CN(C)S(=O)(=O)CC23CCC(CC2=O)C3(C)C)CS1. The molecule has 3 aliphatic rings. The number of thioether (sulfide) groups is 1. The fourth-order valence-corrected chi connectivity index (χ4v) is 7.69. The van der Waals surface area contributed by atoms with E-state index in [2.05, 4.69) is 26.1 Å². The Labute approximate surface area is 144 Å². The minimum atomic E-state index is -3.43. The van der Waals surface area contributed by atoms with Crippen LogP contribution >= 0.6 is 11.8 Å². The monoisotopic (exact) mass is 360 g/mol. The Bertz CT molecular complexity index is 604. The second kappa shape index (κ2) is 5.71. The number of carbonyl (C=O) groups is 1. The van der Waals surface area contributed by atoms with Gasteiger partial charge in [-0.05, 0) is 31.1 Å². The predicted molar refractivity (Wildman–Crippen MR) is 93.8 cm³/mol. The lowest BCUT2D eigenvalue weighted by atomic mass is 9.70. The number of fused-ring (bicyclic) bond motifs is 2. The smallest absolute Gasteiger partial charge is 0.214 e. The molecule has 3 fully saturated rings. The summed E-state index contributed by atoms with van der Waals surface area (Å²) in [6, 6.07) is 0.191. The lowest BCUT2D eigenvalue weighted by Crippen LogP contribution is -2.48. The molecule has 1 heterocycles. The highest BCUT2D eigenvalue weighted by atomic mass is 32.2. The zero-order valence-corrected chi connectivity index (χ0v) is 16.1. The molecule has 0 aromatic rings. The summed E-state index contributed by atoms with van der Waals surface area (Å²) < 4.78 is 27.3. The molecule has 1 N–H and O–H groups in total. The number of hydrogen-bond donors (Lipinski definition) is 1. The third kappa shape index (κ3) is 2.77. The van der Waals surface area contributed by atoms with Crippen molar-refractivity contribution in [3.8, 4) is 0 Å². The van der Waals surface area contributed by atoms with E-state index < -0.39 is 15.4 Å². The predicted octanol–water partition coefficient (Wildman–Crippen LogP) is 1.69. The Balaban J connectivity index is 1.74. The van der Waals surface area contributed by atoms with E-state index in [-0.39, 0.29) is 23.0 Å². The Morgan fingerprint density at radius 1 is 1.39 bits per heavy atom. The second-order valence-electron chi connectivity index (χ2n) is 8.04. The van der Waals surface area contributed by atoms with Crippen LogP contribution in [0.15, 0.2) is 0 Å². The van der Waals surface area contributed by atoms with Crippen LogP contribution in [-0.4, -0.2) is 55.0 Å². The van der Waals surface area contributed by atoms with Crippen LogP contribution in [0.2, 0.25) is 0 Å². The third-order valence-electron chi connectivity index (χ3n) is 6.54. The molecule has 2 bridgehead atoms. The fourth-order valence-electron chi connectivity index (χ4n) is 4.75. The molecule has 0 aromatic carbocycles. The average Bonchev–Trinajstić information content (AvgIpc) is 3.00. The highest BCUT2D eigenvalue weighted by Crippen LogP contribution is 2.64. The number of likely N-dealkylation sites (N-methyl/N-ethyl adjacent to an activating group) is 1. The molecule has 7 heteroatoms. The van der Waals surface area contributed by atoms with Crippen molar-refractivity contribution in [3.63, 3.8) is 0 Å². The van der Waals surface area contributed by atoms with Gasteiger partial charge in [-0.1, -0.05) is 13.8 Å². The van der Waals surface area contributed by atoms with Gasteiger partial charge >= 0.3 is 0 Å². The largest absolute Gasteiger partial charge is 0.301 e. The molecule has 4 unspecified atom stereocenters. The van der Waals surface area contributed by atoms with Gasteiger partial charge in [-0.25, -0.2) is 12.7 Å². The standard InChI is InChI=1S/C16H28N2O3S2/c1-11-17-13(9-22-11)8-18(4)23(20,21)10-16-6-5-12(7-14(16)19)15(16,2)3/h11-13,17H,5-10H2,1-4H3. The molecule has 2 aliphatic carbocycles. The summed E-state index contributed by atoms with van der Waals surface area (Å²) in [4.78, 5) is 12.6. The molecule has 0 radical (unpaired) electrons. The van der Waals surface area contributed by atoms with Gasteiger partial charge in [-0.15, -0.1) is 11.8 Å². The molecular formula is C16H28N2O3S2. The van der Waals surface area contributed by atoms with Crippen molar-refractivity contribution >= 4 is 27.6 Å². The van der Waals surface area contributed by atoms with Gasteiger partial charge in [0.05, 0.1) is 11.1 Å². The van der Waals surface area contributed by atoms with E-state index in [1.807, 2.05) is 11.8 Å². The van der Waals surface area contributed by atoms with Gasteiger partial charge in [0.15, 0.2) is 0 Å². The molecule has 3 rings (SSSR count). The molecule has 1 saturated heterocycles. The summed E-state index contributed by atoms with van der Waals surface area (Å²) in [5.41, 5.74) is -0.871. The van der Waals surface area contributed by atoms with Gasteiger partial charge in [0.1, 0.15) is 5.78 Å². The lowest BCUT2D eigenvalue weighted by Gasteiger charge is -2.37. The maximum Gasteiger partial charge on any atom is 0.214 e. The Morgan fingerprint density at radius 3 is 2.57 bits per heavy atom. The molecule has 23 heavy (non-hydrogen) atoms. The molecular weight excluding hydrogens is 332 g/mol. The van der Waals surface area contributed by atoms with E-state index in [0.29, 0.717) is 24.3 Å². The van der Waals surface area contributed by atoms with Gasteiger partial charge in [-0.2, -0.15) is 0 Å². The van der Waals surface area contributed by atoms with E-state index in [4.69, 9.17) is 0 Å². The minimum absolute atomic E-state index is 0.0196. The Kier molecular flexibility index (Phi) is 4.40. The van der Waals surface area contributed by atoms with Gasteiger partial charge in [0, 0.05) is 37.2 Å². The number of carbonyl (C=O) groups excluding carboxylic acids is 1. The second-order valence-corrected chi connectivity index (χ2v) is 11.5. The van der Waals surface area contributed by atoms with E-state index >= 15 is 0 Å². The first-order chi connectivity index (χ1) is 10.6. The van der Waals surface area contributed by atoms with Crippen LogP contribution in [0, 0.1) is 16.7 Å². The first-order valence-electron chi connectivity index (χ1n) is 8.43. The van der Waals surface area contributed by atoms with Crippen LogP contribution in [-0.2, 0) is 14.8 Å². The van der Waals surface area contributed by atoms with Crippen LogP contribution in [0.25, 0.3) is 0 Å². The average molecular weight is 361 g/mol. The summed E-state index contributed by atoms with van der Waals surface area (Å²) in [6.07, 6.45) is 2.27. The zero-order valence-electron chi connectivity index (χ0n) is 14.5. The van der Waals surface area contributed by atoms with E-state index in [9.17, 15) is 13.2 Å². The molecule has 0 spiro atoms. The van der Waals surface area contributed by atoms with Crippen molar-refractivity contribution in [2.45, 2.75) is 51.4 Å². The van der Waals surface area contributed by atoms with Crippen molar-refractivity contribution in [1.82, 2.24) is 9.62 Å². The number of nitrogens with zero attached hydrogens (tertiary/aromatic N) is 1. The third-order valence-corrected chi connectivity index (χ3v) is 9.73. The lowest BCUT2D eigenvalue weighted by molar-refractivity contribution is -0.128. The van der Waals surface area contributed by atoms with Gasteiger partial charge in [-0.3, -0.25) is 4.79 Å². The van der Waals surface area contributed by atoms with Crippen molar-refractivity contribution in [2.24, 2.45) is 16.7 Å². The van der Waals surface area contributed by atoms with E-state index in [1.165, 1.54) is 4.31 Å². The highest BCUT2D eigenvalue weighted by Gasteiger charge is 2.65. The summed E-state index contributed by atoms with van der Waals surface area (Å²) in [5, 5.41) is 3.77. The fraction of sp³-hybridized carbons (Fsp3) is 0.938. The molecule has 132 valence electrons. The van der Waals surface area contributed by atoms with Gasteiger partial charge in [0.25, 0.3) is 0 Å². The number of sulfonamides is 1. The molecule has 2 saturated carbocycles. The van der Waals surface area contributed by atoms with Crippen molar-refractivity contribution in [3.05, 3.63) is 0 Å². The van der Waals surface area contributed by atoms with Crippen LogP contribution in [0.5, 0.6) is 0 Å². The summed E-state index contributed by atoms with van der Waals surface area (Å²) >= 11 is 1.81. The van der Waals surface area contributed by atoms with E-state index in [1.54, 1.807) is 7.05 Å². The molecule has 4 atom stereocenters. The number of ketones is 1. The zero-order chi connectivity index (χ0) is 17.0. The van der Waals surface area contributed by atoms with E-state index in [0.717, 1.165) is 18.6 Å². The quantitative estimate of drug-likeness (QED) is 0.808. The maximum atomic E-state index is 12.9. The summed E-state index contributed by atoms with van der Waals surface area (Å²) in [6.45, 7) is 6.74. The van der Waals surface area contributed by atoms with Crippen molar-refractivity contribution in [2.75, 3.05) is 25.1 Å². The number of rotatable bonds is 5. The Morgan fingerprint density at radius 2 is 2.09 bits per heavy atom. The minimum Gasteiger partial charge on any atom is -0.301 e. The molecule has 5 nitrogen and oxygen atoms in total. The summed E-state index contributed by atoms with van der Waals surface area (Å²) in [7, 11) is -1.78. The van der Waals surface area contributed by atoms with Crippen molar-refractivity contribution < 1.29 is 13.2 Å². The van der Waals surface area contributed by atoms with Crippen molar-refractivity contribution in [1.29, 1.82) is 0 Å². The molecule has 1 aliphatic heterocycles. The first kappa shape index (κ1) is 17.7.